The van der Waals surface area contributed by atoms with Crippen LogP contribution >= 0.6 is 0 Å². The van der Waals surface area contributed by atoms with Crippen LogP contribution in [0.5, 0.6) is 5.75 Å². The lowest BCUT2D eigenvalue weighted by molar-refractivity contribution is -0.143. The molecule has 0 aromatic heterocycles. The predicted octanol–water partition coefficient (Wildman–Crippen LogP) is 2.77. The van der Waals surface area contributed by atoms with Crippen LogP contribution in [-0.4, -0.2) is 19.8 Å². The van der Waals surface area contributed by atoms with Gasteiger partial charge in [-0.3, -0.25) is 0 Å². The average molecular weight is 247 g/mol. The Hall–Kier alpha value is -1.23. The SMILES string of the molecule is COc1ccc(CC(CN)CC(F)(F)F)cc1. The highest BCUT2D eigenvalue weighted by atomic mass is 19.4. The summed E-state index contributed by atoms with van der Waals surface area (Å²) in [5.41, 5.74) is 6.20. The van der Waals surface area contributed by atoms with E-state index in [4.69, 9.17) is 10.5 Å². The molecule has 0 aliphatic rings. The molecule has 1 aromatic carbocycles. The first-order valence-electron chi connectivity index (χ1n) is 5.34. The Kier molecular flexibility index (Phi) is 4.81. The van der Waals surface area contributed by atoms with Crippen molar-refractivity contribution in [1.82, 2.24) is 0 Å². The number of ether oxygens (including phenoxy) is 1. The van der Waals surface area contributed by atoms with E-state index in [2.05, 4.69) is 0 Å². The Bertz CT molecular complexity index is 335. The zero-order chi connectivity index (χ0) is 12.9. The van der Waals surface area contributed by atoms with Gasteiger partial charge in [-0.15, -0.1) is 0 Å². The monoisotopic (exact) mass is 247 g/mol. The smallest absolute Gasteiger partial charge is 0.389 e. The van der Waals surface area contributed by atoms with E-state index < -0.39 is 18.5 Å². The number of methoxy groups -OCH3 is 1. The largest absolute Gasteiger partial charge is 0.497 e. The standard InChI is InChI=1S/C12H16F3NO/c1-17-11-4-2-9(3-5-11)6-10(8-16)7-12(13,14)15/h2-5,10H,6-8,16H2,1H3. The van der Waals surface area contributed by atoms with Crippen LogP contribution in [0, 0.1) is 5.92 Å². The van der Waals surface area contributed by atoms with Crippen LogP contribution in [0.2, 0.25) is 0 Å². The average Bonchev–Trinajstić information content (AvgIpc) is 2.27. The molecule has 0 saturated carbocycles. The minimum atomic E-state index is -4.16. The van der Waals surface area contributed by atoms with Crippen molar-refractivity contribution < 1.29 is 17.9 Å². The van der Waals surface area contributed by atoms with E-state index >= 15 is 0 Å². The molecule has 0 saturated heterocycles. The molecule has 1 atom stereocenters. The summed E-state index contributed by atoms with van der Waals surface area (Å²) < 4.78 is 41.7. The second-order valence-electron chi connectivity index (χ2n) is 3.97. The van der Waals surface area contributed by atoms with Crippen LogP contribution in [0.15, 0.2) is 24.3 Å². The van der Waals surface area contributed by atoms with Crippen LogP contribution in [0.25, 0.3) is 0 Å². The van der Waals surface area contributed by atoms with Gasteiger partial charge >= 0.3 is 6.18 Å². The normalized spacial score (nSPS) is 13.5. The Balaban J connectivity index is 2.61. The van der Waals surface area contributed by atoms with E-state index in [1.807, 2.05) is 0 Å². The first-order chi connectivity index (χ1) is 7.94. The lowest BCUT2D eigenvalue weighted by Gasteiger charge is -2.16. The molecule has 5 heteroatoms. The van der Waals surface area contributed by atoms with Crippen molar-refractivity contribution in [3.63, 3.8) is 0 Å². The Morgan fingerprint density at radius 1 is 1.24 bits per heavy atom. The number of rotatable bonds is 5. The third-order valence-corrected chi connectivity index (χ3v) is 2.54. The molecule has 0 spiro atoms. The molecule has 1 unspecified atom stereocenters. The molecule has 2 N–H and O–H groups in total. The van der Waals surface area contributed by atoms with Crippen molar-refractivity contribution in [2.24, 2.45) is 11.7 Å². The van der Waals surface area contributed by atoms with Crippen LogP contribution in [-0.2, 0) is 6.42 Å². The highest BCUT2D eigenvalue weighted by molar-refractivity contribution is 5.27. The van der Waals surface area contributed by atoms with Crippen molar-refractivity contribution >= 4 is 0 Å². The van der Waals surface area contributed by atoms with Gasteiger partial charge in [0.15, 0.2) is 0 Å². The van der Waals surface area contributed by atoms with Crippen molar-refractivity contribution in [2.45, 2.75) is 19.0 Å². The summed E-state index contributed by atoms with van der Waals surface area (Å²) in [6, 6.07) is 6.99. The number of nitrogens with two attached hydrogens (primary N) is 1. The van der Waals surface area contributed by atoms with E-state index in [0.29, 0.717) is 12.2 Å². The fourth-order valence-corrected chi connectivity index (χ4v) is 1.66. The van der Waals surface area contributed by atoms with Crippen LogP contribution in [0.3, 0.4) is 0 Å². The van der Waals surface area contributed by atoms with Gasteiger partial charge in [0.2, 0.25) is 0 Å². The summed E-state index contributed by atoms with van der Waals surface area (Å²) >= 11 is 0. The quantitative estimate of drug-likeness (QED) is 0.868. The van der Waals surface area contributed by atoms with E-state index in [1.54, 1.807) is 31.4 Å². The minimum absolute atomic E-state index is 0.0333. The van der Waals surface area contributed by atoms with Crippen molar-refractivity contribution in [3.05, 3.63) is 29.8 Å². The van der Waals surface area contributed by atoms with Crippen LogP contribution in [0.1, 0.15) is 12.0 Å². The minimum Gasteiger partial charge on any atom is -0.497 e. The Morgan fingerprint density at radius 3 is 2.24 bits per heavy atom. The van der Waals surface area contributed by atoms with Crippen molar-refractivity contribution in [2.75, 3.05) is 13.7 Å². The van der Waals surface area contributed by atoms with Gasteiger partial charge in [0.1, 0.15) is 5.75 Å². The van der Waals surface area contributed by atoms with Crippen molar-refractivity contribution in [3.8, 4) is 5.75 Å². The number of alkyl halides is 3. The Labute approximate surface area is 98.6 Å². The van der Waals surface area contributed by atoms with E-state index in [9.17, 15) is 13.2 Å². The van der Waals surface area contributed by atoms with Gasteiger partial charge in [0.25, 0.3) is 0 Å². The molecule has 1 rings (SSSR count). The second kappa shape index (κ2) is 5.91. The molecule has 0 radical (unpaired) electrons. The zero-order valence-corrected chi connectivity index (χ0v) is 9.63. The summed E-state index contributed by atoms with van der Waals surface area (Å²) in [6.07, 6.45) is -4.66. The lowest BCUT2D eigenvalue weighted by atomic mass is 9.96. The predicted molar refractivity (Wildman–Crippen MR) is 59.9 cm³/mol. The number of hydrogen-bond acceptors (Lipinski definition) is 2. The summed E-state index contributed by atoms with van der Waals surface area (Å²) in [5.74, 6) is 0.122. The molecule has 0 amide bonds. The van der Waals surface area contributed by atoms with Gasteiger partial charge in [-0.05, 0) is 36.6 Å². The molecular formula is C12H16F3NO. The summed E-state index contributed by atoms with van der Waals surface area (Å²) in [4.78, 5) is 0. The topological polar surface area (TPSA) is 35.2 Å². The van der Waals surface area contributed by atoms with Gasteiger partial charge in [0.05, 0.1) is 7.11 Å². The number of benzene rings is 1. The maximum atomic E-state index is 12.2. The molecule has 0 fully saturated rings. The second-order valence-corrected chi connectivity index (χ2v) is 3.97. The molecule has 2 nitrogen and oxygen atoms in total. The Morgan fingerprint density at radius 2 is 1.82 bits per heavy atom. The van der Waals surface area contributed by atoms with E-state index in [1.165, 1.54) is 0 Å². The highest BCUT2D eigenvalue weighted by Gasteiger charge is 2.31. The fraction of sp³-hybridized carbons (Fsp3) is 0.500. The fourth-order valence-electron chi connectivity index (χ4n) is 1.66. The maximum Gasteiger partial charge on any atom is 0.389 e. The van der Waals surface area contributed by atoms with E-state index in [0.717, 1.165) is 5.56 Å². The van der Waals surface area contributed by atoms with Gasteiger partial charge in [-0.25, -0.2) is 0 Å². The summed E-state index contributed by atoms with van der Waals surface area (Å²) in [7, 11) is 1.54. The molecule has 0 aliphatic carbocycles. The molecule has 0 heterocycles. The zero-order valence-electron chi connectivity index (χ0n) is 9.63. The van der Waals surface area contributed by atoms with Gasteiger partial charge < -0.3 is 10.5 Å². The third kappa shape index (κ3) is 5.08. The molecular weight excluding hydrogens is 231 g/mol. The summed E-state index contributed by atoms with van der Waals surface area (Å²) in [5, 5.41) is 0. The van der Waals surface area contributed by atoms with E-state index in [-0.39, 0.29) is 6.54 Å². The molecule has 0 aliphatic heterocycles. The van der Waals surface area contributed by atoms with Crippen LogP contribution in [0.4, 0.5) is 13.2 Å². The molecule has 17 heavy (non-hydrogen) atoms. The molecule has 0 bridgehead atoms. The lowest BCUT2D eigenvalue weighted by Crippen LogP contribution is -2.24. The molecule has 1 aromatic rings. The third-order valence-electron chi connectivity index (χ3n) is 2.54. The van der Waals surface area contributed by atoms with Gasteiger partial charge in [-0.1, -0.05) is 12.1 Å². The molecule has 96 valence electrons. The first-order valence-corrected chi connectivity index (χ1v) is 5.34. The van der Waals surface area contributed by atoms with Crippen LogP contribution < -0.4 is 10.5 Å². The number of halogens is 3. The highest BCUT2D eigenvalue weighted by Crippen LogP contribution is 2.26. The van der Waals surface area contributed by atoms with Gasteiger partial charge in [-0.2, -0.15) is 13.2 Å². The maximum absolute atomic E-state index is 12.2. The van der Waals surface area contributed by atoms with Crippen molar-refractivity contribution in [1.29, 1.82) is 0 Å². The summed E-state index contributed by atoms with van der Waals surface area (Å²) in [6.45, 7) is 0.0333. The first kappa shape index (κ1) is 13.8. The van der Waals surface area contributed by atoms with Gasteiger partial charge in [0, 0.05) is 6.42 Å². The number of hydrogen-bond donors (Lipinski definition) is 1.